The Kier molecular flexibility index (Phi) is 5.09. The average Bonchev–Trinajstić information content (AvgIpc) is 3.24. The molecule has 2 aliphatic heterocycles. The number of ether oxygens (including phenoxy) is 2. The van der Waals surface area contributed by atoms with Crippen LogP contribution in [0.4, 0.5) is 5.69 Å². The van der Waals surface area contributed by atoms with Crippen LogP contribution < -0.4 is 9.47 Å². The first-order chi connectivity index (χ1) is 13.1. The summed E-state index contributed by atoms with van der Waals surface area (Å²) < 4.78 is 10.7. The van der Waals surface area contributed by atoms with Gasteiger partial charge in [-0.05, 0) is 66.2 Å². The van der Waals surface area contributed by atoms with Gasteiger partial charge in [-0.3, -0.25) is 9.69 Å². The van der Waals surface area contributed by atoms with Crippen LogP contribution in [0.5, 0.6) is 11.5 Å². The second-order valence-corrected chi connectivity index (χ2v) is 7.50. The first-order valence-corrected chi connectivity index (χ1v) is 9.79. The zero-order chi connectivity index (χ0) is 18.8. The molecule has 0 atom stereocenters. The summed E-state index contributed by atoms with van der Waals surface area (Å²) in [4.78, 5) is 19.9. The number of carbonyl (C=O) groups excluding carboxylic acids is 1. The van der Waals surface area contributed by atoms with Crippen molar-refractivity contribution in [2.75, 3.05) is 13.3 Å². The third kappa shape index (κ3) is 3.82. The molecule has 0 bridgehead atoms. The molecule has 7 heteroatoms. The van der Waals surface area contributed by atoms with Gasteiger partial charge in [-0.15, -0.1) is 0 Å². The molecule has 5 nitrogen and oxygen atoms in total. The molecule has 138 valence electrons. The van der Waals surface area contributed by atoms with Crippen molar-refractivity contribution in [2.24, 2.45) is 4.99 Å². The van der Waals surface area contributed by atoms with Gasteiger partial charge < -0.3 is 9.47 Å². The highest BCUT2D eigenvalue weighted by Crippen LogP contribution is 2.37. The van der Waals surface area contributed by atoms with Crippen molar-refractivity contribution in [3.63, 3.8) is 0 Å². The van der Waals surface area contributed by atoms with Gasteiger partial charge in [0.05, 0.1) is 10.6 Å². The topological polar surface area (TPSA) is 51.1 Å². The van der Waals surface area contributed by atoms with E-state index in [-0.39, 0.29) is 12.7 Å². The number of amides is 1. The molecule has 0 unspecified atom stereocenters. The predicted octanol–water partition coefficient (Wildman–Crippen LogP) is 5.08. The standard InChI is InChI=1S/C20H17ClN2O3S/c1-2-9-23-19(24)18(11-13-3-8-16-17(10-13)26-12-25-16)27-20(23)22-15-6-4-14(21)5-7-15/h3-8,10-11H,2,9,12H2,1H3/b18-11-,22-20?. The van der Waals surface area contributed by atoms with Crippen LogP contribution in [-0.2, 0) is 4.79 Å². The highest BCUT2D eigenvalue weighted by atomic mass is 35.5. The van der Waals surface area contributed by atoms with Crippen LogP contribution in [0.3, 0.4) is 0 Å². The normalized spacial score (nSPS) is 18.7. The van der Waals surface area contributed by atoms with E-state index in [0.717, 1.165) is 23.4 Å². The molecule has 1 saturated heterocycles. The zero-order valence-electron chi connectivity index (χ0n) is 14.6. The quantitative estimate of drug-likeness (QED) is 0.671. The highest BCUT2D eigenvalue weighted by Gasteiger charge is 2.32. The van der Waals surface area contributed by atoms with Gasteiger partial charge in [0.2, 0.25) is 6.79 Å². The summed E-state index contributed by atoms with van der Waals surface area (Å²) in [5.41, 5.74) is 1.65. The smallest absolute Gasteiger partial charge is 0.266 e. The van der Waals surface area contributed by atoms with E-state index in [4.69, 9.17) is 21.1 Å². The van der Waals surface area contributed by atoms with E-state index in [1.165, 1.54) is 11.8 Å². The van der Waals surface area contributed by atoms with Crippen molar-refractivity contribution in [1.82, 2.24) is 4.90 Å². The highest BCUT2D eigenvalue weighted by molar-refractivity contribution is 8.18. The van der Waals surface area contributed by atoms with Crippen molar-refractivity contribution >= 4 is 46.2 Å². The number of rotatable bonds is 4. The van der Waals surface area contributed by atoms with Crippen molar-refractivity contribution in [3.05, 3.63) is 58.0 Å². The molecule has 0 radical (unpaired) electrons. The molecule has 2 aromatic carbocycles. The van der Waals surface area contributed by atoms with Gasteiger partial charge >= 0.3 is 0 Å². The number of aliphatic imine (C=N–C) groups is 1. The van der Waals surface area contributed by atoms with Crippen molar-refractivity contribution in [2.45, 2.75) is 13.3 Å². The van der Waals surface area contributed by atoms with Crippen LogP contribution in [0.2, 0.25) is 5.02 Å². The first-order valence-electron chi connectivity index (χ1n) is 8.59. The van der Waals surface area contributed by atoms with E-state index in [1.807, 2.05) is 43.3 Å². The van der Waals surface area contributed by atoms with Crippen molar-refractivity contribution < 1.29 is 14.3 Å². The number of carbonyl (C=O) groups is 1. The van der Waals surface area contributed by atoms with E-state index in [9.17, 15) is 4.79 Å². The number of thioether (sulfide) groups is 1. The summed E-state index contributed by atoms with van der Waals surface area (Å²) in [7, 11) is 0. The first kappa shape index (κ1) is 17.9. The maximum absolute atomic E-state index is 12.9. The maximum atomic E-state index is 12.9. The van der Waals surface area contributed by atoms with Crippen LogP contribution in [0.15, 0.2) is 52.4 Å². The van der Waals surface area contributed by atoms with E-state index in [1.54, 1.807) is 17.0 Å². The van der Waals surface area contributed by atoms with Crippen molar-refractivity contribution in [3.8, 4) is 11.5 Å². The molecule has 0 N–H and O–H groups in total. The van der Waals surface area contributed by atoms with Gasteiger partial charge in [0.15, 0.2) is 16.7 Å². The molecule has 2 aromatic rings. The van der Waals surface area contributed by atoms with E-state index >= 15 is 0 Å². The fraction of sp³-hybridized carbons (Fsp3) is 0.200. The minimum absolute atomic E-state index is 0.0350. The minimum atomic E-state index is -0.0350. The van der Waals surface area contributed by atoms with Crippen LogP contribution in [0, 0.1) is 0 Å². The molecule has 4 rings (SSSR count). The number of hydrogen-bond donors (Lipinski definition) is 0. The summed E-state index contributed by atoms with van der Waals surface area (Å²) in [6.45, 7) is 2.89. The summed E-state index contributed by atoms with van der Waals surface area (Å²) in [6.07, 6.45) is 2.71. The predicted molar refractivity (Wildman–Crippen MR) is 109 cm³/mol. The lowest BCUT2D eigenvalue weighted by Crippen LogP contribution is -2.29. The lowest BCUT2D eigenvalue weighted by atomic mass is 10.2. The fourth-order valence-corrected chi connectivity index (χ4v) is 3.94. The third-order valence-electron chi connectivity index (χ3n) is 4.08. The summed E-state index contributed by atoms with van der Waals surface area (Å²) in [5, 5.41) is 1.33. The zero-order valence-corrected chi connectivity index (χ0v) is 16.2. The van der Waals surface area contributed by atoms with Gasteiger partial charge in [0.25, 0.3) is 5.91 Å². The monoisotopic (exact) mass is 400 g/mol. The SMILES string of the molecule is CCCN1C(=O)/C(=C/c2ccc3c(c2)OCO3)SC1=Nc1ccc(Cl)cc1. The maximum Gasteiger partial charge on any atom is 0.266 e. The second kappa shape index (κ2) is 7.66. The molecule has 2 heterocycles. The number of halogens is 1. The Bertz CT molecular complexity index is 941. The third-order valence-corrected chi connectivity index (χ3v) is 5.34. The van der Waals surface area contributed by atoms with Crippen LogP contribution in [-0.4, -0.2) is 29.3 Å². The number of nitrogens with zero attached hydrogens (tertiary/aromatic N) is 2. The molecule has 1 amide bonds. The van der Waals surface area contributed by atoms with Gasteiger partial charge in [-0.25, -0.2) is 4.99 Å². The lowest BCUT2D eigenvalue weighted by Gasteiger charge is -2.13. The summed E-state index contributed by atoms with van der Waals surface area (Å²) in [6, 6.07) is 12.9. The molecular formula is C20H17ClN2O3S. The fourth-order valence-electron chi connectivity index (χ4n) is 2.79. The van der Waals surface area contributed by atoms with Gasteiger partial charge in [-0.1, -0.05) is 24.6 Å². The molecule has 2 aliphatic rings. The number of benzene rings is 2. The molecule has 27 heavy (non-hydrogen) atoms. The second-order valence-electron chi connectivity index (χ2n) is 6.05. The van der Waals surface area contributed by atoms with E-state index < -0.39 is 0 Å². The van der Waals surface area contributed by atoms with Crippen LogP contribution in [0.1, 0.15) is 18.9 Å². The van der Waals surface area contributed by atoms with Gasteiger partial charge in [0, 0.05) is 11.6 Å². The van der Waals surface area contributed by atoms with Crippen LogP contribution in [0.25, 0.3) is 6.08 Å². The van der Waals surface area contributed by atoms with Gasteiger partial charge in [0.1, 0.15) is 0 Å². The average molecular weight is 401 g/mol. The Balaban J connectivity index is 1.64. The molecule has 0 spiro atoms. The van der Waals surface area contributed by atoms with E-state index in [0.29, 0.717) is 27.4 Å². The Morgan fingerprint density at radius 1 is 1.19 bits per heavy atom. The molecule has 0 aliphatic carbocycles. The molecular weight excluding hydrogens is 384 g/mol. The molecule has 0 saturated carbocycles. The summed E-state index contributed by atoms with van der Waals surface area (Å²) in [5.74, 6) is 1.38. The lowest BCUT2D eigenvalue weighted by molar-refractivity contribution is -0.122. The van der Waals surface area contributed by atoms with Crippen molar-refractivity contribution in [1.29, 1.82) is 0 Å². The van der Waals surface area contributed by atoms with E-state index in [2.05, 4.69) is 4.99 Å². The Morgan fingerprint density at radius 3 is 2.74 bits per heavy atom. The number of fused-ring (bicyclic) bond motifs is 1. The number of hydrogen-bond acceptors (Lipinski definition) is 5. The minimum Gasteiger partial charge on any atom is -0.454 e. The molecule has 1 fully saturated rings. The van der Waals surface area contributed by atoms with Gasteiger partial charge in [-0.2, -0.15) is 0 Å². The summed E-state index contributed by atoms with van der Waals surface area (Å²) >= 11 is 7.31. The Morgan fingerprint density at radius 2 is 1.96 bits per heavy atom. The number of amidine groups is 1. The Labute approximate surface area is 166 Å². The largest absolute Gasteiger partial charge is 0.454 e. The molecule has 0 aromatic heterocycles. The Hall–Kier alpha value is -2.44. The van der Waals surface area contributed by atoms with Crippen LogP contribution >= 0.6 is 23.4 Å².